The fourth-order valence-corrected chi connectivity index (χ4v) is 9.09. The van der Waals surface area contributed by atoms with Crippen molar-refractivity contribution < 1.29 is 35.3 Å². The molecule has 0 saturated carbocycles. The van der Waals surface area contributed by atoms with Crippen LogP contribution in [0.4, 0.5) is 11.4 Å². The summed E-state index contributed by atoms with van der Waals surface area (Å²) in [6, 6.07) is 6.57. The number of furan rings is 2. The second kappa shape index (κ2) is 17.1. The average molecular weight is 1040 g/mol. The van der Waals surface area contributed by atoms with Gasteiger partial charge < -0.3 is 19.5 Å². The van der Waals surface area contributed by atoms with E-state index in [9.17, 15) is 26.4 Å². The molecule has 4 heterocycles. The molecule has 4 aromatic heterocycles. The summed E-state index contributed by atoms with van der Waals surface area (Å²) < 4.78 is 62.4. The molecule has 284 valence electrons. The summed E-state index contributed by atoms with van der Waals surface area (Å²) in [5, 5.41) is 10.3. The molecule has 0 fully saturated rings. The fourth-order valence-electron chi connectivity index (χ4n) is 4.64. The van der Waals surface area contributed by atoms with Crippen molar-refractivity contribution in [2.75, 3.05) is 49.3 Å². The van der Waals surface area contributed by atoms with Crippen LogP contribution in [0.1, 0.15) is 30.7 Å². The van der Waals surface area contributed by atoms with Crippen LogP contribution >= 0.6 is 77.1 Å². The van der Waals surface area contributed by atoms with Gasteiger partial charge in [-0.15, -0.1) is 22.7 Å². The van der Waals surface area contributed by atoms with E-state index in [4.69, 9.17) is 8.83 Å². The zero-order valence-electron chi connectivity index (χ0n) is 29.4. The highest BCUT2D eigenvalue weighted by molar-refractivity contribution is 14.1. The lowest BCUT2D eigenvalue weighted by Gasteiger charge is -2.18. The lowest BCUT2D eigenvalue weighted by atomic mass is 10.1. The molecule has 6 aromatic rings. The van der Waals surface area contributed by atoms with Gasteiger partial charge in [0, 0.05) is 100 Å². The number of aryl methyl sites for hydroxylation is 2. The number of hydrogen-bond acceptors (Lipinski definition) is 12. The van der Waals surface area contributed by atoms with Crippen molar-refractivity contribution >= 4 is 142 Å². The van der Waals surface area contributed by atoms with Crippen molar-refractivity contribution in [3.8, 4) is 10.6 Å². The van der Waals surface area contributed by atoms with Gasteiger partial charge in [-0.05, 0) is 57.8 Å². The summed E-state index contributed by atoms with van der Waals surface area (Å²) in [7, 11) is -0.843. The van der Waals surface area contributed by atoms with Crippen LogP contribution in [-0.2, 0) is 20.0 Å². The molecule has 21 heteroatoms. The standard InChI is InChI=1S/C16H16BrN3O4S2.C12H12BrIN2O4S.C4H5NS/c1-8-19-7-13(25-8)15-14(16(21)18-2)9-5-10(17)11(6-12(9)24-15)20(3)26(4,22)23;1-15-12(17)10-6-4-7(13)8(16(2)21(3,18)19)5-9(6)20-11(10)14;1-4-5-2-3-6-4/h5-7H,1-4H3,(H,18,21);4-5H,1-3H3,(H,15,17);2-3H,1H3. The van der Waals surface area contributed by atoms with Gasteiger partial charge in [0.15, 0.2) is 9.53 Å². The number of nitrogens with zero attached hydrogens (tertiary/aromatic N) is 4. The first-order chi connectivity index (χ1) is 24.7. The lowest BCUT2D eigenvalue weighted by Crippen LogP contribution is -2.25. The molecule has 0 aliphatic carbocycles. The number of anilines is 2. The molecular formula is C32H33Br2IN6O8S4. The number of sulfonamides is 2. The Balaban J connectivity index is 0.000000207. The van der Waals surface area contributed by atoms with E-state index in [-0.39, 0.29) is 11.8 Å². The highest BCUT2D eigenvalue weighted by Crippen LogP contribution is 2.41. The second-order valence-corrected chi connectivity index (χ2v) is 20.1. The minimum atomic E-state index is -3.45. The summed E-state index contributed by atoms with van der Waals surface area (Å²) in [4.78, 5) is 33.3. The Morgan fingerprint density at radius 2 is 1.28 bits per heavy atom. The Morgan fingerprint density at radius 3 is 1.68 bits per heavy atom. The van der Waals surface area contributed by atoms with E-state index < -0.39 is 20.0 Å². The molecule has 0 unspecified atom stereocenters. The lowest BCUT2D eigenvalue weighted by molar-refractivity contribution is 0.0955. The topological polar surface area (TPSA) is 185 Å². The molecule has 0 spiro atoms. The first-order valence-corrected chi connectivity index (χ1v) is 23.0. The van der Waals surface area contributed by atoms with E-state index in [0.29, 0.717) is 62.9 Å². The van der Waals surface area contributed by atoms with Gasteiger partial charge in [-0.1, -0.05) is 0 Å². The SMILES string of the molecule is CNC(=O)c1c(-c2cnc(C)s2)oc2cc(N(C)S(C)(=O)=O)c(Br)cc12.CNC(=O)c1c(I)oc2cc(N(C)S(C)(=O)=O)c(Br)cc12.Cc1nccs1. The molecule has 2 aromatic carbocycles. The predicted octanol–water partition coefficient (Wildman–Crippen LogP) is 7.39. The average Bonchev–Trinajstić information content (AvgIpc) is 3.88. The van der Waals surface area contributed by atoms with E-state index in [1.54, 1.807) is 55.0 Å². The van der Waals surface area contributed by atoms with Crippen LogP contribution in [-0.4, -0.2) is 79.3 Å². The quantitative estimate of drug-likeness (QED) is 0.153. The maximum Gasteiger partial charge on any atom is 0.256 e. The number of thiazole rings is 2. The van der Waals surface area contributed by atoms with Crippen LogP contribution in [0.5, 0.6) is 0 Å². The number of carbonyl (C=O) groups is 2. The molecule has 53 heavy (non-hydrogen) atoms. The number of amides is 2. The van der Waals surface area contributed by atoms with Crippen molar-refractivity contribution in [2.24, 2.45) is 0 Å². The minimum absolute atomic E-state index is 0.255. The Kier molecular flexibility index (Phi) is 13.8. The van der Waals surface area contributed by atoms with E-state index >= 15 is 0 Å². The third-order valence-corrected chi connectivity index (χ3v) is 13.5. The maximum atomic E-state index is 12.5. The third-order valence-electron chi connectivity index (χ3n) is 7.45. The van der Waals surface area contributed by atoms with Crippen molar-refractivity contribution in [1.29, 1.82) is 0 Å². The van der Waals surface area contributed by atoms with Gasteiger partial charge in [-0.3, -0.25) is 23.2 Å². The first-order valence-electron chi connectivity index (χ1n) is 15.0. The first kappa shape index (κ1) is 42.6. The van der Waals surface area contributed by atoms with Crippen molar-refractivity contribution in [3.05, 3.63) is 75.9 Å². The molecule has 0 saturated heterocycles. The van der Waals surface area contributed by atoms with Gasteiger partial charge in [0.25, 0.3) is 11.8 Å². The third kappa shape index (κ3) is 9.78. The number of halogens is 3. The minimum Gasteiger partial charge on any atom is -0.454 e. The number of hydrogen-bond donors (Lipinski definition) is 2. The van der Waals surface area contributed by atoms with Gasteiger partial charge in [0.1, 0.15) is 11.2 Å². The normalized spacial score (nSPS) is 11.4. The van der Waals surface area contributed by atoms with Crippen LogP contribution in [0.3, 0.4) is 0 Å². The van der Waals surface area contributed by atoms with Crippen LogP contribution in [0.15, 0.2) is 59.8 Å². The van der Waals surface area contributed by atoms with Crippen LogP contribution in [0.25, 0.3) is 32.6 Å². The molecular weight excluding hydrogens is 1010 g/mol. The Hall–Kier alpha value is -3.09. The predicted molar refractivity (Wildman–Crippen MR) is 227 cm³/mol. The molecule has 0 bridgehead atoms. The summed E-state index contributed by atoms with van der Waals surface area (Å²) in [6.07, 6.45) is 5.70. The number of aromatic nitrogens is 2. The molecule has 6 rings (SSSR count). The summed E-state index contributed by atoms with van der Waals surface area (Å²) in [5.74, 6) is -0.133. The fraction of sp³-hybridized carbons (Fsp3) is 0.250. The van der Waals surface area contributed by atoms with Gasteiger partial charge in [0.05, 0.1) is 49.9 Å². The van der Waals surface area contributed by atoms with E-state index in [1.807, 2.05) is 41.8 Å². The number of benzene rings is 2. The molecule has 14 nitrogen and oxygen atoms in total. The van der Waals surface area contributed by atoms with E-state index in [1.165, 1.54) is 32.5 Å². The second-order valence-electron chi connectivity index (χ2n) is 11.1. The Morgan fingerprint density at radius 1 is 0.792 bits per heavy atom. The highest BCUT2D eigenvalue weighted by atomic mass is 127. The zero-order valence-corrected chi connectivity index (χ0v) is 38.0. The maximum absolute atomic E-state index is 12.5. The Bertz CT molecular complexity index is 2530. The molecule has 0 atom stereocenters. The highest BCUT2D eigenvalue weighted by Gasteiger charge is 2.26. The smallest absolute Gasteiger partial charge is 0.256 e. The van der Waals surface area contributed by atoms with Gasteiger partial charge >= 0.3 is 0 Å². The monoisotopic (exact) mass is 1040 g/mol. The molecule has 2 N–H and O–H groups in total. The van der Waals surface area contributed by atoms with Gasteiger partial charge in [0.2, 0.25) is 20.0 Å². The summed E-state index contributed by atoms with van der Waals surface area (Å²) in [5.41, 5.74) is 2.55. The number of rotatable bonds is 7. The number of carbonyl (C=O) groups excluding carboxylic acids is 2. The zero-order chi connectivity index (χ0) is 39.6. The molecule has 0 aliphatic heterocycles. The number of fused-ring (bicyclic) bond motifs is 2. The van der Waals surface area contributed by atoms with Crippen LogP contribution < -0.4 is 19.2 Å². The largest absolute Gasteiger partial charge is 0.454 e. The Labute approximate surface area is 344 Å². The molecule has 0 aliphatic rings. The van der Waals surface area contributed by atoms with Gasteiger partial charge in [-0.2, -0.15) is 0 Å². The van der Waals surface area contributed by atoms with Crippen molar-refractivity contribution in [1.82, 2.24) is 20.6 Å². The van der Waals surface area contributed by atoms with Crippen LogP contribution in [0.2, 0.25) is 0 Å². The van der Waals surface area contributed by atoms with E-state index in [2.05, 4.69) is 52.5 Å². The van der Waals surface area contributed by atoms with Gasteiger partial charge in [-0.25, -0.2) is 21.8 Å². The summed E-state index contributed by atoms with van der Waals surface area (Å²) in [6.45, 7) is 3.86. The number of nitrogens with one attached hydrogen (secondary N) is 2. The van der Waals surface area contributed by atoms with Crippen molar-refractivity contribution in [3.63, 3.8) is 0 Å². The van der Waals surface area contributed by atoms with Crippen molar-refractivity contribution in [2.45, 2.75) is 13.8 Å². The van der Waals surface area contributed by atoms with Crippen LogP contribution in [0, 0.1) is 17.6 Å². The van der Waals surface area contributed by atoms with E-state index in [0.717, 1.165) is 36.0 Å². The molecule has 2 amide bonds. The molecule has 0 radical (unpaired) electrons. The summed E-state index contributed by atoms with van der Waals surface area (Å²) >= 11 is 11.8.